The van der Waals surface area contributed by atoms with Gasteiger partial charge in [-0.3, -0.25) is 4.79 Å². The number of aliphatic hydroxyl groups is 1. The first-order valence-corrected chi connectivity index (χ1v) is 5.89. The lowest BCUT2D eigenvalue weighted by atomic mass is 10.2. The van der Waals surface area contributed by atoms with E-state index in [1.54, 1.807) is 0 Å². The van der Waals surface area contributed by atoms with Gasteiger partial charge in [-0.2, -0.15) is 0 Å². The average molecular weight is 236 g/mol. The molecule has 1 amide bonds. The van der Waals surface area contributed by atoms with Crippen molar-refractivity contribution in [2.24, 2.45) is 0 Å². The summed E-state index contributed by atoms with van der Waals surface area (Å²) in [5, 5.41) is 11.8. The SMILES string of the molecule is CC(=O)NCCCN(CCO)c1ccccc1. The van der Waals surface area contributed by atoms with E-state index in [9.17, 15) is 4.79 Å². The number of aliphatic hydroxyl groups excluding tert-OH is 1. The fraction of sp³-hybridized carbons (Fsp3) is 0.462. The molecule has 1 aromatic rings. The molecule has 0 unspecified atom stereocenters. The topological polar surface area (TPSA) is 52.6 Å². The highest BCUT2D eigenvalue weighted by molar-refractivity contribution is 5.72. The Morgan fingerprint density at radius 3 is 2.59 bits per heavy atom. The number of anilines is 1. The minimum absolute atomic E-state index is 0.00146. The van der Waals surface area contributed by atoms with Crippen molar-refractivity contribution in [2.45, 2.75) is 13.3 Å². The number of nitrogens with zero attached hydrogens (tertiary/aromatic N) is 1. The Bertz CT molecular complexity index is 327. The Hall–Kier alpha value is -1.55. The zero-order valence-corrected chi connectivity index (χ0v) is 10.2. The molecule has 0 radical (unpaired) electrons. The van der Waals surface area contributed by atoms with E-state index in [4.69, 9.17) is 5.11 Å². The highest BCUT2D eigenvalue weighted by Crippen LogP contribution is 2.12. The number of hydrogen-bond acceptors (Lipinski definition) is 3. The minimum Gasteiger partial charge on any atom is -0.395 e. The van der Waals surface area contributed by atoms with Gasteiger partial charge in [0.15, 0.2) is 0 Å². The van der Waals surface area contributed by atoms with Gasteiger partial charge in [-0.05, 0) is 18.6 Å². The van der Waals surface area contributed by atoms with Crippen LogP contribution in [-0.2, 0) is 4.79 Å². The number of amides is 1. The van der Waals surface area contributed by atoms with Gasteiger partial charge in [0, 0.05) is 32.2 Å². The van der Waals surface area contributed by atoms with Crippen molar-refractivity contribution in [1.29, 1.82) is 0 Å². The van der Waals surface area contributed by atoms with Gasteiger partial charge in [0.05, 0.1) is 6.61 Å². The molecule has 0 aliphatic heterocycles. The van der Waals surface area contributed by atoms with Crippen LogP contribution in [0.15, 0.2) is 30.3 Å². The molecule has 1 aromatic carbocycles. The van der Waals surface area contributed by atoms with Crippen LogP contribution in [0.1, 0.15) is 13.3 Å². The maximum absolute atomic E-state index is 10.7. The predicted molar refractivity (Wildman–Crippen MR) is 69.0 cm³/mol. The Morgan fingerprint density at radius 1 is 1.29 bits per heavy atom. The van der Waals surface area contributed by atoms with Crippen LogP contribution in [0.2, 0.25) is 0 Å². The number of carbonyl (C=O) groups excluding carboxylic acids is 1. The summed E-state index contributed by atoms with van der Waals surface area (Å²) in [6.07, 6.45) is 0.870. The number of para-hydroxylation sites is 1. The summed E-state index contributed by atoms with van der Waals surface area (Å²) in [5.74, 6) is -0.00146. The van der Waals surface area contributed by atoms with Crippen molar-refractivity contribution >= 4 is 11.6 Å². The van der Waals surface area contributed by atoms with E-state index in [2.05, 4.69) is 10.2 Å². The molecular weight excluding hydrogens is 216 g/mol. The zero-order chi connectivity index (χ0) is 12.5. The lowest BCUT2D eigenvalue weighted by molar-refractivity contribution is -0.118. The molecule has 17 heavy (non-hydrogen) atoms. The second kappa shape index (κ2) is 7.68. The lowest BCUT2D eigenvalue weighted by Gasteiger charge is -2.23. The maximum Gasteiger partial charge on any atom is 0.216 e. The second-order valence-corrected chi connectivity index (χ2v) is 3.88. The molecule has 0 bridgehead atoms. The van der Waals surface area contributed by atoms with Crippen LogP contribution >= 0.6 is 0 Å². The molecule has 0 aliphatic rings. The van der Waals surface area contributed by atoms with E-state index in [-0.39, 0.29) is 12.5 Å². The molecule has 4 nitrogen and oxygen atoms in total. The monoisotopic (exact) mass is 236 g/mol. The molecule has 0 atom stereocenters. The van der Waals surface area contributed by atoms with E-state index in [0.717, 1.165) is 18.7 Å². The molecule has 2 N–H and O–H groups in total. The summed E-state index contributed by atoms with van der Waals surface area (Å²) in [7, 11) is 0. The van der Waals surface area contributed by atoms with Crippen molar-refractivity contribution in [3.05, 3.63) is 30.3 Å². The Labute approximate surface area is 102 Å². The third-order valence-corrected chi connectivity index (χ3v) is 2.47. The predicted octanol–water partition coefficient (Wildman–Crippen LogP) is 1.01. The number of nitrogens with one attached hydrogen (secondary N) is 1. The normalized spacial score (nSPS) is 10.0. The standard InChI is InChI=1S/C13H20N2O2/c1-12(17)14-8-5-9-15(10-11-16)13-6-3-2-4-7-13/h2-4,6-7,16H,5,8-11H2,1H3,(H,14,17). The quantitative estimate of drug-likeness (QED) is 0.695. The first kappa shape index (κ1) is 13.5. The summed E-state index contributed by atoms with van der Waals surface area (Å²) < 4.78 is 0. The van der Waals surface area contributed by atoms with E-state index in [0.29, 0.717) is 13.1 Å². The van der Waals surface area contributed by atoms with Crippen LogP contribution in [0.4, 0.5) is 5.69 Å². The maximum atomic E-state index is 10.7. The highest BCUT2D eigenvalue weighted by Gasteiger charge is 2.04. The summed E-state index contributed by atoms with van der Waals surface area (Å²) in [4.78, 5) is 12.8. The van der Waals surface area contributed by atoms with Crippen LogP contribution in [0.25, 0.3) is 0 Å². The van der Waals surface area contributed by atoms with Gasteiger partial charge in [0.1, 0.15) is 0 Å². The fourth-order valence-electron chi connectivity index (χ4n) is 1.66. The molecule has 94 valence electrons. The number of rotatable bonds is 7. The van der Waals surface area contributed by atoms with E-state index >= 15 is 0 Å². The summed E-state index contributed by atoms with van der Waals surface area (Å²) in [6, 6.07) is 9.97. The molecular formula is C13H20N2O2. The zero-order valence-electron chi connectivity index (χ0n) is 10.2. The number of benzene rings is 1. The Kier molecular flexibility index (Phi) is 6.10. The molecule has 0 spiro atoms. The van der Waals surface area contributed by atoms with E-state index in [1.807, 2.05) is 30.3 Å². The van der Waals surface area contributed by atoms with Gasteiger partial charge in [0.2, 0.25) is 5.91 Å². The lowest BCUT2D eigenvalue weighted by Crippen LogP contribution is -2.31. The third kappa shape index (κ3) is 5.36. The van der Waals surface area contributed by atoms with Gasteiger partial charge in [-0.15, -0.1) is 0 Å². The minimum atomic E-state index is -0.00146. The van der Waals surface area contributed by atoms with Crippen LogP contribution in [0, 0.1) is 0 Å². The van der Waals surface area contributed by atoms with Crippen LogP contribution in [0.3, 0.4) is 0 Å². The van der Waals surface area contributed by atoms with Crippen LogP contribution in [-0.4, -0.2) is 37.3 Å². The first-order valence-electron chi connectivity index (χ1n) is 5.89. The van der Waals surface area contributed by atoms with E-state index in [1.165, 1.54) is 6.92 Å². The summed E-state index contributed by atoms with van der Waals surface area (Å²) >= 11 is 0. The summed E-state index contributed by atoms with van der Waals surface area (Å²) in [6.45, 7) is 3.76. The molecule has 1 rings (SSSR count). The molecule has 4 heteroatoms. The molecule has 0 saturated heterocycles. The molecule has 0 aliphatic carbocycles. The van der Waals surface area contributed by atoms with Crippen molar-refractivity contribution in [1.82, 2.24) is 5.32 Å². The highest BCUT2D eigenvalue weighted by atomic mass is 16.3. The Morgan fingerprint density at radius 2 is 2.00 bits per heavy atom. The Balaban J connectivity index is 2.41. The number of carbonyl (C=O) groups is 1. The van der Waals surface area contributed by atoms with Crippen molar-refractivity contribution in [2.75, 3.05) is 31.1 Å². The van der Waals surface area contributed by atoms with Crippen molar-refractivity contribution in [3.8, 4) is 0 Å². The van der Waals surface area contributed by atoms with Gasteiger partial charge < -0.3 is 15.3 Å². The largest absolute Gasteiger partial charge is 0.395 e. The van der Waals surface area contributed by atoms with Crippen LogP contribution < -0.4 is 10.2 Å². The average Bonchev–Trinajstić information content (AvgIpc) is 2.34. The van der Waals surface area contributed by atoms with Gasteiger partial charge in [0.25, 0.3) is 0 Å². The van der Waals surface area contributed by atoms with Gasteiger partial charge in [-0.1, -0.05) is 18.2 Å². The van der Waals surface area contributed by atoms with Gasteiger partial charge >= 0.3 is 0 Å². The van der Waals surface area contributed by atoms with E-state index < -0.39 is 0 Å². The first-order chi connectivity index (χ1) is 8.24. The third-order valence-electron chi connectivity index (χ3n) is 2.47. The molecule has 0 aromatic heterocycles. The van der Waals surface area contributed by atoms with Crippen LogP contribution in [0.5, 0.6) is 0 Å². The smallest absolute Gasteiger partial charge is 0.216 e. The summed E-state index contributed by atoms with van der Waals surface area (Å²) in [5.41, 5.74) is 1.10. The number of hydrogen-bond donors (Lipinski definition) is 2. The van der Waals surface area contributed by atoms with Crippen molar-refractivity contribution < 1.29 is 9.90 Å². The molecule has 0 saturated carbocycles. The fourth-order valence-corrected chi connectivity index (χ4v) is 1.66. The molecule has 0 fully saturated rings. The second-order valence-electron chi connectivity index (χ2n) is 3.88. The van der Waals surface area contributed by atoms with Gasteiger partial charge in [-0.25, -0.2) is 0 Å². The molecule has 0 heterocycles. The van der Waals surface area contributed by atoms with Crippen molar-refractivity contribution in [3.63, 3.8) is 0 Å².